The van der Waals surface area contributed by atoms with Crippen molar-refractivity contribution in [2.45, 2.75) is 110 Å². The number of carboxylic acid groups (broad SMARTS) is 1. The van der Waals surface area contributed by atoms with Crippen LogP contribution in [0.2, 0.25) is 0 Å². The molecule has 1 unspecified atom stereocenters. The molecule has 0 fully saturated rings. The summed E-state index contributed by atoms with van der Waals surface area (Å²) >= 11 is 0. The Labute approximate surface area is 174 Å². The summed E-state index contributed by atoms with van der Waals surface area (Å²) in [6, 6.07) is 0. The Bertz CT molecular complexity index is 311. The minimum absolute atomic E-state index is 0.0394. The molecular formula is C23H49NO4. The molecule has 0 aliphatic carbocycles. The molecular weight excluding hydrogens is 354 g/mol. The lowest BCUT2D eigenvalue weighted by molar-refractivity contribution is -0.858. The Hall–Kier alpha value is -0.650. The van der Waals surface area contributed by atoms with E-state index >= 15 is 0 Å². The lowest BCUT2D eigenvalue weighted by atomic mass is 10.0. The number of carbonyl (C=O) groups is 1. The fraction of sp³-hybridized carbons (Fsp3) is 0.957. The summed E-state index contributed by atoms with van der Waals surface area (Å²) in [6.07, 6.45) is 16.1. The van der Waals surface area contributed by atoms with Gasteiger partial charge in [-0.25, -0.2) is 0 Å². The van der Waals surface area contributed by atoms with E-state index in [2.05, 4.69) is 6.92 Å². The third-order valence-corrected chi connectivity index (χ3v) is 4.69. The molecule has 0 aromatic rings. The number of aliphatic carboxylic acids is 1. The smallest absolute Gasteiger partial charge is 0.100 e. The minimum atomic E-state index is -0.996. The molecule has 170 valence electrons. The molecule has 1 atom stereocenters. The van der Waals surface area contributed by atoms with Crippen molar-refractivity contribution >= 4 is 5.97 Å². The van der Waals surface area contributed by atoms with E-state index < -0.39 is 5.97 Å². The largest absolute Gasteiger partial charge is 0.550 e. The van der Waals surface area contributed by atoms with Gasteiger partial charge in [-0.1, -0.05) is 84.5 Å². The van der Waals surface area contributed by atoms with Gasteiger partial charge in [0.15, 0.2) is 0 Å². The molecule has 0 aromatic carbocycles. The molecule has 2 N–H and O–H groups in total. The molecule has 5 heteroatoms. The monoisotopic (exact) mass is 403 g/mol. The molecule has 0 aromatic heterocycles. The number of ether oxygens (including phenoxy) is 1. The average Bonchev–Trinajstić information content (AvgIpc) is 2.64. The molecule has 0 spiro atoms. The van der Waals surface area contributed by atoms with Gasteiger partial charge in [-0.15, -0.1) is 0 Å². The van der Waals surface area contributed by atoms with Crippen molar-refractivity contribution in [1.82, 2.24) is 0 Å². The van der Waals surface area contributed by atoms with Crippen LogP contribution in [0.5, 0.6) is 0 Å². The van der Waals surface area contributed by atoms with E-state index in [0.717, 1.165) is 25.8 Å². The predicted octanol–water partition coefficient (Wildman–Crippen LogP) is 2.75. The van der Waals surface area contributed by atoms with Crippen LogP contribution in [0.3, 0.4) is 0 Å². The zero-order valence-corrected chi connectivity index (χ0v) is 19.3. The van der Waals surface area contributed by atoms with Gasteiger partial charge in [0.2, 0.25) is 0 Å². The Kier molecular flexibility index (Phi) is 25.7. The summed E-state index contributed by atoms with van der Waals surface area (Å²) in [5.41, 5.74) is 0. The van der Waals surface area contributed by atoms with Gasteiger partial charge < -0.3 is 24.6 Å². The summed E-state index contributed by atoms with van der Waals surface area (Å²) in [5.74, 6) is -0.996. The maximum absolute atomic E-state index is 10.7. The number of hydrogen-bond donors (Lipinski definition) is 2. The number of aliphatic hydroxyl groups is 1. The number of hydrogen-bond acceptors (Lipinski definition) is 4. The number of nitrogens with one attached hydrogen (secondary N) is 1. The highest BCUT2D eigenvalue weighted by Gasteiger charge is 2.08. The van der Waals surface area contributed by atoms with Crippen molar-refractivity contribution in [2.75, 3.05) is 33.9 Å². The number of unbranched alkanes of at least 4 members (excludes halogenated alkanes) is 10. The van der Waals surface area contributed by atoms with Gasteiger partial charge >= 0.3 is 0 Å². The summed E-state index contributed by atoms with van der Waals surface area (Å²) in [6.45, 7) is 6.08. The van der Waals surface area contributed by atoms with Crippen LogP contribution in [0.15, 0.2) is 0 Å². The average molecular weight is 404 g/mol. The Balaban J connectivity index is 0. The van der Waals surface area contributed by atoms with Crippen molar-refractivity contribution in [2.24, 2.45) is 0 Å². The van der Waals surface area contributed by atoms with E-state index in [9.17, 15) is 9.90 Å². The molecule has 5 nitrogen and oxygen atoms in total. The van der Waals surface area contributed by atoms with Crippen LogP contribution in [-0.2, 0) is 9.53 Å². The van der Waals surface area contributed by atoms with Gasteiger partial charge in [0.05, 0.1) is 26.8 Å². The summed E-state index contributed by atoms with van der Waals surface area (Å²) < 4.78 is 5.57. The van der Waals surface area contributed by atoms with Crippen LogP contribution in [-0.4, -0.2) is 51.0 Å². The highest BCUT2D eigenvalue weighted by molar-refractivity contribution is 5.64. The zero-order chi connectivity index (χ0) is 21.5. The second-order valence-electron chi connectivity index (χ2n) is 8.07. The molecule has 0 heterocycles. The Morgan fingerprint density at radius 1 is 0.893 bits per heavy atom. The molecule has 0 radical (unpaired) electrons. The van der Waals surface area contributed by atoms with Crippen LogP contribution in [0.25, 0.3) is 0 Å². The number of carboxylic acids is 1. The minimum Gasteiger partial charge on any atom is -0.550 e. The number of rotatable bonds is 19. The fourth-order valence-corrected chi connectivity index (χ4v) is 2.97. The molecule has 0 saturated heterocycles. The fourth-order valence-electron chi connectivity index (χ4n) is 2.97. The van der Waals surface area contributed by atoms with Gasteiger partial charge in [-0.2, -0.15) is 0 Å². The third kappa shape index (κ3) is 27.6. The molecule has 0 bridgehead atoms. The number of aliphatic hydroxyl groups excluding tert-OH is 1. The first-order chi connectivity index (χ1) is 13.5. The lowest BCUT2D eigenvalue weighted by Gasteiger charge is -2.18. The standard InChI is InChI=1S/C19H38O3.C4H11NO/c1-3-5-6-7-8-9-10-11-12-13-14-15-18(17-19(20)21)22-16-4-2;1-5(2)3-4-6/h18H,3-17H2,1-2H3,(H,20,21);6H,3-4H2,1-2H3. The Morgan fingerprint density at radius 2 is 1.39 bits per heavy atom. The van der Waals surface area contributed by atoms with Crippen LogP contribution >= 0.6 is 0 Å². The van der Waals surface area contributed by atoms with E-state index in [-0.39, 0.29) is 12.5 Å². The zero-order valence-electron chi connectivity index (χ0n) is 19.3. The first-order valence-corrected chi connectivity index (χ1v) is 11.7. The second-order valence-corrected chi connectivity index (χ2v) is 8.07. The van der Waals surface area contributed by atoms with E-state index in [4.69, 9.17) is 9.84 Å². The van der Waals surface area contributed by atoms with E-state index in [0.29, 0.717) is 13.2 Å². The molecule has 0 saturated carbocycles. The topological polar surface area (TPSA) is 74.0 Å². The first-order valence-electron chi connectivity index (χ1n) is 11.7. The van der Waals surface area contributed by atoms with Gasteiger partial charge in [-0.3, -0.25) is 0 Å². The van der Waals surface area contributed by atoms with Gasteiger partial charge in [0.1, 0.15) is 6.54 Å². The van der Waals surface area contributed by atoms with Gasteiger partial charge in [0, 0.05) is 19.0 Å². The predicted molar refractivity (Wildman–Crippen MR) is 115 cm³/mol. The first kappa shape index (κ1) is 29.6. The number of carbonyl (C=O) groups excluding carboxylic acids is 1. The number of likely N-dealkylation sites (N-methyl/N-ethyl adjacent to an activating group) is 1. The van der Waals surface area contributed by atoms with Crippen molar-refractivity contribution < 1.29 is 24.6 Å². The SMILES string of the molecule is CCCCCCCCCCCCCC(CC(=O)[O-])OCCC.C[NH+](C)CCO. The van der Waals surface area contributed by atoms with Crippen LogP contribution < -0.4 is 10.0 Å². The quantitative estimate of drug-likeness (QED) is 0.325. The number of quaternary nitrogens is 1. The maximum atomic E-state index is 10.7. The highest BCUT2D eigenvalue weighted by Crippen LogP contribution is 2.14. The van der Waals surface area contributed by atoms with Crippen molar-refractivity contribution in [1.29, 1.82) is 0 Å². The summed E-state index contributed by atoms with van der Waals surface area (Å²) in [7, 11) is 4.02. The van der Waals surface area contributed by atoms with Crippen molar-refractivity contribution in [3.8, 4) is 0 Å². The Morgan fingerprint density at radius 3 is 1.75 bits per heavy atom. The molecule has 0 amide bonds. The van der Waals surface area contributed by atoms with Gasteiger partial charge in [-0.05, 0) is 12.8 Å². The van der Waals surface area contributed by atoms with E-state index in [1.807, 2.05) is 21.0 Å². The van der Waals surface area contributed by atoms with Crippen LogP contribution in [0.4, 0.5) is 0 Å². The molecule has 0 aliphatic heterocycles. The highest BCUT2D eigenvalue weighted by atomic mass is 16.5. The summed E-state index contributed by atoms with van der Waals surface area (Å²) in [4.78, 5) is 12.0. The van der Waals surface area contributed by atoms with E-state index in [1.54, 1.807) is 0 Å². The normalized spacial score (nSPS) is 11.9. The molecule has 0 rings (SSSR count). The van der Waals surface area contributed by atoms with Crippen LogP contribution in [0.1, 0.15) is 104 Å². The lowest BCUT2D eigenvalue weighted by Crippen LogP contribution is -3.06. The van der Waals surface area contributed by atoms with Gasteiger partial charge in [0.25, 0.3) is 0 Å². The molecule has 28 heavy (non-hydrogen) atoms. The van der Waals surface area contributed by atoms with Crippen molar-refractivity contribution in [3.63, 3.8) is 0 Å². The van der Waals surface area contributed by atoms with Crippen molar-refractivity contribution in [3.05, 3.63) is 0 Å². The maximum Gasteiger partial charge on any atom is 0.100 e. The van der Waals surface area contributed by atoms with Crippen LogP contribution in [0, 0.1) is 0 Å². The third-order valence-electron chi connectivity index (χ3n) is 4.69. The van der Waals surface area contributed by atoms with E-state index in [1.165, 1.54) is 69.1 Å². The summed E-state index contributed by atoms with van der Waals surface area (Å²) in [5, 5.41) is 18.9. The molecule has 0 aliphatic rings. The second kappa shape index (κ2) is 24.4.